The van der Waals surface area contributed by atoms with Crippen LogP contribution in [0.4, 0.5) is 8.78 Å². The van der Waals surface area contributed by atoms with Crippen LogP contribution < -0.4 is 5.73 Å². The lowest BCUT2D eigenvalue weighted by Crippen LogP contribution is -2.24. The maximum Gasteiger partial charge on any atom is 0.263 e. The molecule has 0 aromatic heterocycles. The van der Waals surface area contributed by atoms with Crippen molar-refractivity contribution >= 4 is 11.6 Å². The van der Waals surface area contributed by atoms with Crippen LogP contribution in [0.3, 0.4) is 0 Å². The van der Waals surface area contributed by atoms with Crippen molar-refractivity contribution < 1.29 is 13.9 Å². The van der Waals surface area contributed by atoms with Gasteiger partial charge in [-0.05, 0) is 13.0 Å². The van der Waals surface area contributed by atoms with E-state index in [-0.39, 0.29) is 10.6 Å². The molecule has 2 nitrogen and oxygen atoms in total. The van der Waals surface area contributed by atoms with Crippen molar-refractivity contribution in [3.05, 3.63) is 34.3 Å². The Morgan fingerprint density at radius 2 is 2.00 bits per heavy atom. The summed E-state index contributed by atoms with van der Waals surface area (Å²) < 4.78 is 24.6. The zero-order valence-corrected chi connectivity index (χ0v) is 8.88. The zero-order chi connectivity index (χ0) is 11.6. The van der Waals surface area contributed by atoms with Crippen LogP contribution in [-0.4, -0.2) is 11.1 Å². The maximum absolute atomic E-state index is 12.3. The van der Waals surface area contributed by atoms with Crippen LogP contribution in [0.1, 0.15) is 30.6 Å². The van der Waals surface area contributed by atoms with Gasteiger partial charge in [0.1, 0.15) is 0 Å². The van der Waals surface area contributed by atoms with Gasteiger partial charge in [-0.2, -0.15) is 0 Å². The molecule has 0 aliphatic carbocycles. The van der Waals surface area contributed by atoms with Gasteiger partial charge in [0.25, 0.3) is 6.43 Å². The fourth-order valence-electron chi connectivity index (χ4n) is 1.20. The van der Waals surface area contributed by atoms with Gasteiger partial charge in [-0.1, -0.05) is 23.7 Å². The normalized spacial score (nSPS) is 15.4. The number of nitrogens with two attached hydrogens (primary N) is 1. The topological polar surface area (TPSA) is 46.2 Å². The fraction of sp³-hybridized carbons (Fsp3) is 0.400. The van der Waals surface area contributed by atoms with E-state index in [0.717, 1.165) is 6.07 Å². The molecule has 84 valence electrons. The van der Waals surface area contributed by atoms with E-state index in [4.69, 9.17) is 17.3 Å². The molecule has 2 unspecified atom stereocenters. The van der Waals surface area contributed by atoms with E-state index in [9.17, 15) is 13.9 Å². The Bertz CT molecular complexity index is 344. The molecule has 0 saturated carbocycles. The minimum atomic E-state index is -2.57. The van der Waals surface area contributed by atoms with Gasteiger partial charge in [-0.3, -0.25) is 0 Å². The smallest absolute Gasteiger partial charge is 0.263 e. The van der Waals surface area contributed by atoms with Gasteiger partial charge in [-0.25, -0.2) is 8.78 Å². The second kappa shape index (κ2) is 4.88. The molecule has 0 heterocycles. The van der Waals surface area contributed by atoms with Gasteiger partial charge in [0.05, 0.1) is 6.10 Å². The van der Waals surface area contributed by atoms with Crippen molar-refractivity contribution in [1.82, 2.24) is 0 Å². The van der Waals surface area contributed by atoms with Gasteiger partial charge >= 0.3 is 0 Å². The Labute approximate surface area is 91.7 Å². The summed E-state index contributed by atoms with van der Waals surface area (Å²) in [4.78, 5) is 0. The predicted octanol–water partition coefficient (Wildman–Crippen LogP) is 2.66. The number of halogens is 3. The third-order valence-electron chi connectivity index (χ3n) is 2.09. The number of alkyl halides is 2. The van der Waals surface area contributed by atoms with Crippen LogP contribution in [0, 0.1) is 0 Å². The second-order valence-electron chi connectivity index (χ2n) is 3.39. The average molecular weight is 236 g/mol. The molecule has 15 heavy (non-hydrogen) atoms. The highest BCUT2D eigenvalue weighted by atomic mass is 35.5. The maximum atomic E-state index is 12.3. The van der Waals surface area contributed by atoms with Crippen molar-refractivity contribution in [1.29, 1.82) is 0 Å². The van der Waals surface area contributed by atoms with E-state index in [1.54, 1.807) is 6.92 Å². The second-order valence-corrected chi connectivity index (χ2v) is 3.79. The summed E-state index contributed by atoms with van der Waals surface area (Å²) in [6.45, 7) is 1.61. The lowest BCUT2D eigenvalue weighted by molar-refractivity contribution is 0.148. The molecular weight excluding hydrogens is 224 g/mol. The quantitative estimate of drug-likeness (QED) is 0.846. The Kier molecular flexibility index (Phi) is 4.02. The van der Waals surface area contributed by atoms with Gasteiger partial charge < -0.3 is 10.8 Å². The van der Waals surface area contributed by atoms with E-state index in [1.807, 2.05) is 0 Å². The summed E-state index contributed by atoms with van der Waals surface area (Å²) >= 11 is 5.76. The van der Waals surface area contributed by atoms with Crippen LogP contribution in [0.5, 0.6) is 0 Å². The first-order valence-electron chi connectivity index (χ1n) is 4.44. The highest BCUT2D eigenvalue weighted by molar-refractivity contribution is 6.31. The van der Waals surface area contributed by atoms with Gasteiger partial charge in [0.15, 0.2) is 0 Å². The standard InChI is InChI=1S/C10H12ClF2NO/c1-5(14)9(15)7-3-2-6(10(12)13)4-8(7)11/h2-5,9-10,15H,14H2,1H3. The van der Waals surface area contributed by atoms with E-state index >= 15 is 0 Å². The van der Waals surface area contributed by atoms with Gasteiger partial charge in [0, 0.05) is 22.2 Å². The van der Waals surface area contributed by atoms with E-state index in [1.165, 1.54) is 12.1 Å². The Hall–Kier alpha value is -0.710. The minimum Gasteiger partial charge on any atom is -0.387 e. The van der Waals surface area contributed by atoms with E-state index < -0.39 is 18.6 Å². The molecule has 1 aromatic rings. The monoisotopic (exact) mass is 235 g/mol. The van der Waals surface area contributed by atoms with Crippen LogP contribution >= 0.6 is 11.6 Å². The first kappa shape index (κ1) is 12.4. The lowest BCUT2D eigenvalue weighted by Gasteiger charge is -2.16. The molecule has 0 amide bonds. The SMILES string of the molecule is CC(N)C(O)c1ccc(C(F)F)cc1Cl. The molecule has 0 saturated heterocycles. The minimum absolute atomic E-state index is 0.109. The largest absolute Gasteiger partial charge is 0.387 e. The number of aliphatic hydroxyl groups is 1. The molecule has 1 aromatic carbocycles. The van der Waals surface area contributed by atoms with Crippen LogP contribution in [-0.2, 0) is 0 Å². The van der Waals surface area contributed by atoms with Gasteiger partial charge in [-0.15, -0.1) is 0 Å². The Morgan fingerprint density at radius 3 is 2.40 bits per heavy atom. The van der Waals surface area contributed by atoms with E-state index in [0.29, 0.717) is 5.56 Å². The Morgan fingerprint density at radius 1 is 1.40 bits per heavy atom. The molecular formula is C10H12ClF2NO. The zero-order valence-electron chi connectivity index (χ0n) is 8.12. The molecule has 1 rings (SSSR count). The predicted molar refractivity (Wildman–Crippen MR) is 55.0 cm³/mol. The summed E-state index contributed by atoms with van der Waals surface area (Å²) in [5, 5.41) is 9.72. The lowest BCUT2D eigenvalue weighted by atomic mass is 10.0. The molecule has 0 fully saturated rings. The molecule has 0 aliphatic rings. The fourth-order valence-corrected chi connectivity index (χ4v) is 1.50. The molecule has 3 N–H and O–H groups in total. The summed E-state index contributed by atoms with van der Waals surface area (Å²) in [7, 11) is 0. The number of benzene rings is 1. The average Bonchev–Trinajstić information content (AvgIpc) is 2.16. The summed E-state index contributed by atoms with van der Waals surface area (Å²) in [6.07, 6.45) is -3.51. The molecule has 5 heteroatoms. The molecule has 2 atom stereocenters. The summed E-state index contributed by atoms with van der Waals surface area (Å²) in [6, 6.07) is 3.25. The van der Waals surface area contributed by atoms with Crippen molar-refractivity contribution in [2.75, 3.05) is 0 Å². The number of rotatable bonds is 3. The van der Waals surface area contributed by atoms with Crippen molar-refractivity contribution in [3.8, 4) is 0 Å². The number of hydrogen-bond acceptors (Lipinski definition) is 2. The molecule has 0 bridgehead atoms. The number of hydrogen-bond donors (Lipinski definition) is 2. The van der Waals surface area contributed by atoms with Crippen LogP contribution in [0.2, 0.25) is 5.02 Å². The summed E-state index contributed by atoms with van der Waals surface area (Å²) in [5.41, 5.74) is 5.68. The third-order valence-corrected chi connectivity index (χ3v) is 2.42. The van der Waals surface area contributed by atoms with Gasteiger partial charge in [0.2, 0.25) is 0 Å². The molecule has 0 aliphatic heterocycles. The first-order valence-corrected chi connectivity index (χ1v) is 4.82. The van der Waals surface area contributed by atoms with Crippen molar-refractivity contribution in [3.63, 3.8) is 0 Å². The van der Waals surface area contributed by atoms with E-state index in [2.05, 4.69) is 0 Å². The van der Waals surface area contributed by atoms with Crippen molar-refractivity contribution in [2.24, 2.45) is 5.73 Å². The molecule has 0 radical (unpaired) electrons. The first-order chi connectivity index (χ1) is 6.93. The van der Waals surface area contributed by atoms with Crippen molar-refractivity contribution in [2.45, 2.75) is 25.5 Å². The highest BCUT2D eigenvalue weighted by Crippen LogP contribution is 2.29. The van der Waals surface area contributed by atoms with Crippen LogP contribution in [0.25, 0.3) is 0 Å². The van der Waals surface area contributed by atoms with Crippen LogP contribution in [0.15, 0.2) is 18.2 Å². The number of aliphatic hydroxyl groups excluding tert-OH is 1. The highest BCUT2D eigenvalue weighted by Gasteiger charge is 2.17. The third kappa shape index (κ3) is 2.87. The summed E-state index contributed by atoms with van der Waals surface area (Å²) in [5.74, 6) is 0. The Balaban J connectivity index is 3.03. The molecule has 0 spiro atoms.